The van der Waals surface area contributed by atoms with Crippen LogP contribution in [0.4, 0.5) is 0 Å². The predicted molar refractivity (Wildman–Crippen MR) is 110 cm³/mol. The fourth-order valence-corrected chi connectivity index (χ4v) is 3.24. The maximum atomic E-state index is 11.1. The number of furan rings is 1. The number of nitrogens with one attached hydrogen (secondary N) is 1. The first-order valence-electron chi connectivity index (χ1n) is 8.66. The van der Waals surface area contributed by atoms with Gasteiger partial charge in [-0.05, 0) is 48.9 Å². The highest BCUT2D eigenvalue weighted by Crippen LogP contribution is 2.29. The van der Waals surface area contributed by atoms with Crippen molar-refractivity contribution in [2.24, 2.45) is 0 Å². The van der Waals surface area contributed by atoms with Crippen molar-refractivity contribution < 1.29 is 14.3 Å². The number of carboxylic acid groups (broad SMARTS) is 1. The van der Waals surface area contributed by atoms with Gasteiger partial charge in [0, 0.05) is 11.6 Å². The molecule has 0 fully saturated rings. The fourth-order valence-electron chi connectivity index (χ4n) is 2.97. The lowest BCUT2D eigenvalue weighted by Gasteiger charge is -2.01. The molecule has 29 heavy (non-hydrogen) atoms. The Morgan fingerprint density at radius 1 is 1.24 bits per heavy atom. The molecule has 0 saturated heterocycles. The summed E-state index contributed by atoms with van der Waals surface area (Å²) in [5.41, 5.74) is 3.72. The van der Waals surface area contributed by atoms with Gasteiger partial charge in [0.1, 0.15) is 23.4 Å². The molecule has 2 aromatic carbocycles. The number of halogens is 1. The van der Waals surface area contributed by atoms with Crippen LogP contribution in [0, 0.1) is 18.3 Å². The number of carboxylic acids is 1. The molecule has 2 heterocycles. The van der Waals surface area contributed by atoms with Gasteiger partial charge >= 0.3 is 5.97 Å². The number of aryl methyl sites for hydroxylation is 1. The van der Waals surface area contributed by atoms with E-state index in [4.69, 9.17) is 21.1 Å². The zero-order chi connectivity index (χ0) is 20.5. The third-order valence-corrected chi connectivity index (χ3v) is 4.72. The molecule has 2 N–H and O–H groups in total. The Labute approximate surface area is 170 Å². The highest BCUT2D eigenvalue weighted by Gasteiger charge is 2.13. The molecule has 0 aliphatic heterocycles. The van der Waals surface area contributed by atoms with Gasteiger partial charge in [-0.1, -0.05) is 23.7 Å². The number of benzene rings is 2. The number of imidazole rings is 1. The Morgan fingerprint density at radius 2 is 2.07 bits per heavy atom. The number of aromatic carboxylic acids is 1. The smallest absolute Gasteiger partial charge is 0.337 e. The van der Waals surface area contributed by atoms with E-state index in [9.17, 15) is 10.1 Å². The molecule has 0 aliphatic rings. The topological polar surface area (TPSA) is 103 Å². The molecule has 142 valence electrons. The molecule has 0 atom stereocenters. The summed E-state index contributed by atoms with van der Waals surface area (Å²) in [5, 5.41) is 18.8. The van der Waals surface area contributed by atoms with E-state index in [2.05, 4.69) is 16.0 Å². The second-order valence-electron chi connectivity index (χ2n) is 6.48. The van der Waals surface area contributed by atoms with Gasteiger partial charge in [0.05, 0.1) is 27.2 Å². The van der Waals surface area contributed by atoms with Gasteiger partial charge in [-0.25, -0.2) is 9.78 Å². The molecule has 0 radical (unpaired) electrons. The molecule has 2 aromatic heterocycles. The maximum absolute atomic E-state index is 11.1. The van der Waals surface area contributed by atoms with E-state index >= 15 is 0 Å². The first-order valence-corrected chi connectivity index (χ1v) is 9.04. The number of nitrogens with zero attached hydrogens (tertiary/aromatic N) is 2. The fraction of sp³-hybridized carbons (Fsp3) is 0.0455. The monoisotopic (exact) mass is 403 g/mol. The molecule has 0 bridgehead atoms. The summed E-state index contributed by atoms with van der Waals surface area (Å²) in [6.07, 6.45) is 1.60. The zero-order valence-electron chi connectivity index (χ0n) is 15.2. The highest BCUT2D eigenvalue weighted by atomic mass is 35.5. The molecular weight excluding hydrogens is 390 g/mol. The summed E-state index contributed by atoms with van der Waals surface area (Å²) in [6.45, 7) is 1.99. The summed E-state index contributed by atoms with van der Waals surface area (Å²) in [5.74, 6) is 0.337. The molecule has 7 heteroatoms. The van der Waals surface area contributed by atoms with Crippen LogP contribution in [-0.4, -0.2) is 21.0 Å². The van der Waals surface area contributed by atoms with Gasteiger partial charge in [0.25, 0.3) is 0 Å². The highest BCUT2D eigenvalue weighted by molar-refractivity contribution is 6.33. The Morgan fingerprint density at radius 3 is 2.79 bits per heavy atom. The SMILES string of the molecule is Cc1ccc2nc(/C(C#N)=C\c3ccc(-c4ccc(C(=O)O)c(Cl)c4)o3)[nH]c2c1. The predicted octanol–water partition coefficient (Wildman–Crippen LogP) is 5.55. The summed E-state index contributed by atoms with van der Waals surface area (Å²) in [6, 6.07) is 16.0. The van der Waals surface area contributed by atoms with Crippen LogP contribution in [-0.2, 0) is 0 Å². The molecule has 4 aromatic rings. The van der Waals surface area contributed by atoms with Crippen molar-refractivity contribution in [1.82, 2.24) is 9.97 Å². The van der Waals surface area contributed by atoms with E-state index in [0.29, 0.717) is 28.5 Å². The number of aromatic amines is 1. The van der Waals surface area contributed by atoms with Crippen LogP contribution in [0.25, 0.3) is 34.0 Å². The minimum atomic E-state index is -1.09. The van der Waals surface area contributed by atoms with Crippen molar-refractivity contribution in [1.29, 1.82) is 5.26 Å². The van der Waals surface area contributed by atoms with Crippen molar-refractivity contribution >= 4 is 40.3 Å². The third-order valence-electron chi connectivity index (χ3n) is 4.41. The summed E-state index contributed by atoms with van der Waals surface area (Å²) in [4.78, 5) is 18.7. The minimum absolute atomic E-state index is 0.0222. The number of nitriles is 1. The third kappa shape index (κ3) is 3.64. The van der Waals surface area contributed by atoms with Crippen LogP contribution in [0.2, 0.25) is 5.02 Å². The molecule has 0 unspecified atom stereocenters. The van der Waals surface area contributed by atoms with Crippen molar-refractivity contribution in [2.75, 3.05) is 0 Å². The van der Waals surface area contributed by atoms with E-state index in [-0.39, 0.29) is 10.6 Å². The maximum Gasteiger partial charge on any atom is 0.337 e. The van der Waals surface area contributed by atoms with Crippen LogP contribution in [0.1, 0.15) is 27.5 Å². The summed E-state index contributed by atoms with van der Waals surface area (Å²) in [7, 11) is 0. The Bertz CT molecular complexity index is 1320. The molecule has 0 spiro atoms. The van der Waals surface area contributed by atoms with Crippen LogP contribution >= 0.6 is 11.6 Å². The van der Waals surface area contributed by atoms with Crippen molar-refractivity contribution in [3.8, 4) is 17.4 Å². The number of H-pyrrole nitrogens is 1. The number of carbonyl (C=O) groups is 1. The second kappa shape index (κ2) is 7.30. The van der Waals surface area contributed by atoms with Crippen molar-refractivity contribution in [3.05, 3.63) is 76.3 Å². The average molecular weight is 404 g/mol. The molecule has 6 nitrogen and oxygen atoms in total. The zero-order valence-corrected chi connectivity index (χ0v) is 16.0. The number of hydrogen-bond acceptors (Lipinski definition) is 4. The van der Waals surface area contributed by atoms with E-state index < -0.39 is 5.97 Å². The Hall–Kier alpha value is -3.82. The number of hydrogen-bond donors (Lipinski definition) is 2. The van der Waals surface area contributed by atoms with Crippen LogP contribution in [0.5, 0.6) is 0 Å². The molecule has 0 amide bonds. The minimum Gasteiger partial charge on any atom is -0.478 e. The summed E-state index contributed by atoms with van der Waals surface area (Å²) < 4.78 is 5.80. The first kappa shape index (κ1) is 18.5. The molecular formula is C22H14ClN3O3. The van der Waals surface area contributed by atoms with Gasteiger partial charge in [-0.15, -0.1) is 0 Å². The number of rotatable bonds is 4. The lowest BCUT2D eigenvalue weighted by atomic mass is 10.1. The molecule has 0 saturated carbocycles. The van der Waals surface area contributed by atoms with E-state index in [1.54, 1.807) is 24.3 Å². The quantitative estimate of drug-likeness (QED) is 0.435. The van der Waals surface area contributed by atoms with Gasteiger partial charge in [0.15, 0.2) is 0 Å². The molecule has 4 rings (SSSR count). The van der Waals surface area contributed by atoms with Gasteiger partial charge in [0.2, 0.25) is 0 Å². The van der Waals surface area contributed by atoms with E-state index in [0.717, 1.165) is 16.6 Å². The number of aromatic nitrogens is 2. The van der Waals surface area contributed by atoms with Crippen molar-refractivity contribution in [3.63, 3.8) is 0 Å². The van der Waals surface area contributed by atoms with Crippen LogP contribution in [0.3, 0.4) is 0 Å². The standard InChI is InChI=1S/C22H14ClN3O3/c1-12-2-6-18-19(8-12)26-21(25-18)14(11-24)9-15-4-7-20(29-15)13-3-5-16(22(27)28)17(23)10-13/h2-10H,1H3,(H,25,26)(H,27,28)/b14-9-. The molecule has 0 aliphatic carbocycles. The average Bonchev–Trinajstić information content (AvgIpc) is 3.32. The number of fused-ring (bicyclic) bond motifs is 1. The Kier molecular flexibility index (Phi) is 4.67. The Balaban J connectivity index is 1.67. The lowest BCUT2D eigenvalue weighted by Crippen LogP contribution is -1.96. The summed E-state index contributed by atoms with van der Waals surface area (Å²) >= 11 is 6.03. The lowest BCUT2D eigenvalue weighted by molar-refractivity contribution is 0.0697. The van der Waals surface area contributed by atoms with Gasteiger partial charge < -0.3 is 14.5 Å². The van der Waals surface area contributed by atoms with Gasteiger partial charge in [-0.3, -0.25) is 0 Å². The first-order chi connectivity index (χ1) is 13.9. The van der Waals surface area contributed by atoms with E-state index in [1.165, 1.54) is 12.1 Å². The van der Waals surface area contributed by atoms with Crippen LogP contribution in [0.15, 0.2) is 52.9 Å². The normalized spacial score (nSPS) is 11.6. The number of allylic oxidation sites excluding steroid dienone is 1. The second-order valence-corrected chi connectivity index (χ2v) is 6.88. The van der Waals surface area contributed by atoms with Crippen LogP contribution < -0.4 is 0 Å². The van der Waals surface area contributed by atoms with Gasteiger partial charge in [-0.2, -0.15) is 5.26 Å². The van der Waals surface area contributed by atoms with E-state index in [1.807, 2.05) is 25.1 Å². The van der Waals surface area contributed by atoms with Crippen molar-refractivity contribution in [2.45, 2.75) is 6.92 Å². The largest absolute Gasteiger partial charge is 0.478 e.